The summed E-state index contributed by atoms with van der Waals surface area (Å²) in [6.45, 7) is 8.32. The van der Waals surface area contributed by atoms with Crippen LogP contribution in [0.5, 0.6) is 0 Å². The van der Waals surface area contributed by atoms with Gasteiger partial charge in [-0.15, -0.1) is 0 Å². The van der Waals surface area contributed by atoms with Crippen molar-refractivity contribution in [2.75, 3.05) is 10.6 Å². The maximum absolute atomic E-state index is 12.4. The lowest BCUT2D eigenvalue weighted by atomic mass is 10.0. The molecule has 0 aliphatic rings. The fourth-order valence-electron chi connectivity index (χ4n) is 2.85. The molecule has 1 amide bonds. The van der Waals surface area contributed by atoms with Gasteiger partial charge in [0, 0.05) is 11.4 Å². The number of aromatic nitrogens is 2. The molecule has 138 valence electrons. The van der Waals surface area contributed by atoms with Crippen LogP contribution in [0, 0.1) is 13.8 Å². The monoisotopic (exact) mass is 360 g/mol. The van der Waals surface area contributed by atoms with Crippen LogP contribution in [0.25, 0.3) is 0 Å². The smallest absolute Gasteiger partial charge is 0.275 e. The van der Waals surface area contributed by atoms with Crippen LogP contribution in [-0.2, 0) is 0 Å². The molecular weight excluding hydrogens is 336 g/mol. The van der Waals surface area contributed by atoms with Gasteiger partial charge in [-0.05, 0) is 60.7 Å². The van der Waals surface area contributed by atoms with Crippen LogP contribution >= 0.6 is 0 Å². The Balaban J connectivity index is 1.66. The number of carbonyl (C=O) groups excluding carboxylic acids is 1. The Morgan fingerprint density at radius 1 is 0.889 bits per heavy atom. The van der Waals surface area contributed by atoms with E-state index in [0.717, 1.165) is 22.5 Å². The van der Waals surface area contributed by atoms with E-state index in [4.69, 9.17) is 0 Å². The molecule has 27 heavy (non-hydrogen) atoms. The first-order valence-corrected chi connectivity index (χ1v) is 8.99. The molecule has 3 rings (SSSR count). The van der Waals surface area contributed by atoms with Crippen molar-refractivity contribution in [3.05, 3.63) is 77.2 Å². The number of anilines is 3. The highest BCUT2D eigenvalue weighted by molar-refractivity contribution is 6.02. The van der Waals surface area contributed by atoms with Gasteiger partial charge in [0.1, 0.15) is 11.5 Å². The highest BCUT2D eigenvalue weighted by atomic mass is 16.1. The number of nitrogens with one attached hydrogen (secondary N) is 2. The Morgan fingerprint density at radius 3 is 2.11 bits per heavy atom. The quantitative estimate of drug-likeness (QED) is 0.655. The molecule has 3 aromatic rings. The predicted molar refractivity (Wildman–Crippen MR) is 110 cm³/mol. The van der Waals surface area contributed by atoms with Crippen molar-refractivity contribution in [1.29, 1.82) is 0 Å². The topological polar surface area (TPSA) is 66.9 Å². The Kier molecular flexibility index (Phi) is 5.50. The summed E-state index contributed by atoms with van der Waals surface area (Å²) in [4.78, 5) is 20.9. The molecule has 0 radical (unpaired) electrons. The summed E-state index contributed by atoms with van der Waals surface area (Å²) in [7, 11) is 0. The number of carbonyl (C=O) groups is 1. The number of hydrogen-bond donors (Lipinski definition) is 2. The molecule has 5 heteroatoms. The molecule has 0 spiro atoms. The first kappa shape index (κ1) is 18.6. The molecule has 0 unspecified atom stereocenters. The second-order valence-corrected chi connectivity index (χ2v) is 7.02. The van der Waals surface area contributed by atoms with E-state index >= 15 is 0 Å². The average Bonchev–Trinajstić information content (AvgIpc) is 2.62. The van der Waals surface area contributed by atoms with Crippen molar-refractivity contribution < 1.29 is 4.79 Å². The van der Waals surface area contributed by atoms with Gasteiger partial charge in [-0.2, -0.15) is 0 Å². The predicted octanol–water partition coefficient (Wildman–Crippen LogP) is 5.21. The fourth-order valence-corrected chi connectivity index (χ4v) is 2.85. The molecule has 0 bridgehead atoms. The highest BCUT2D eigenvalue weighted by Gasteiger charge is 2.09. The first-order valence-electron chi connectivity index (χ1n) is 8.99. The van der Waals surface area contributed by atoms with Crippen LogP contribution in [0.15, 0.2) is 54.9 Å². The Bertz CT molecular complexity index is 911. The molecule has 0 saturated heterocycles. The molecule has 2 N–H and O–H groups in total. The zero-order valence-corrected chi connectivity index (χ0v) is 16.1. The second kappa shape index (κ2) is 7.99. The minimum atomic E-state index is -0.277. The standard InChI is InChI=1S/C22H24N4O/c1-14(2)17-5-7-18(8-6-17)25-21-13-23-20(12-24-21)22(27)26-19-10-15(3)9-16(4)11-19/h5-14H,1-4H3,(H,24,25)(H,26,27). The number of benzene rings is 2. The first-order chi connectivity index (χ1) is 12.9. The normalized spacial score (nSPS) is 10.7. The van der Waals surface area contributed by atoms with E-state index in [2.05, 4.69) is 52.6 Å². The van der Waals surface area contributed by atoms with E-state index in [-0.39, 0.29) is 11.6 Å². The van der Waals surface area contributed by atoms with E-state index in [1.165, 1.54) is 11.8 Å². The number of aryl methyl sites for hydroxylation is 2. The van der Waals surface area contributed by atoms with Crippen molar-refractivity contribution in [2.45, 2.75) is 33.6 Å². The minimum absolute atomic E-state index is 0.273. The van der Waals surface area contributed by atoms with E-state index in [0.29, 0.717) is 11.7 Å². The fraction of sp³-hybridized carbons (Fsp3) is 0.227. The van der Waals surface area contributed by atoms with Crippen LogP contribution < -0.4 is 10.6 Å². The summed E-state index contributed by atoms with van der Waals surface area (Å²) in [6.07, 6.45) is 3.04. The van der Waals surface area contributed by atoms with E-state index in [9.17, 15) is 4.79 Å². The van der Waals surface area contributed by atoms with Crippen molar-refractivity contribution in [1.82, 2.24) is 9.97 Å². The van der Waals surface area contributed by atoms with E-state index in [1.54, 1.807) is 6.20 Å². The Morgan fingerprint density at radius 2 is 1.56 bits per heavy atom. The lowest BCUT2D eigenvalue weighted by Crippen LogP contribution is -2.14. The van der Waals surface area contributed by atoms with Gasteiger partial charge in [0.05, 0.1) is 12.4 Å². The molecule has 1 heterocycles. The van der Waals surface area contributed by atoms with E-state index in [1.807, 2.05) is 38.1 Å². The molecule has 0 atom stereocenters. The summed E-state index contributed by atoms with van der Waals surface area (Å²) < 4.78 is 0. The molecule has 0 saturated carbocycles. The van der Waals surface area contributed by atoms with Crippen LogP contribution in [-0.4, -0.2) is 15.9 Å². The highest BCUT2D eigenvalue weighted by Crippen LogP contribution is 2.19. The van der Waals surface area contributed by atoms with Gasteiger partial charge >= 0.3 is 0 Å². The van der Waals surface area contributed by atoms with Gasteiger partial charge in [0.25, 0.3) is 5.91 Å². The molecule has 1 aromatic heterocycles. The third-order valence-electron chi connectivity index (χ3n) is 4.21. The zero-order valence-electron chi connectivity index (χ0n) is 16.1. The molecule has 0 aliphatic heterocycles. The SMILES string of the molecule is Cc1cc(C)cc(NC(=O)c2cnc(Nc3ccc(C(C)C)cc3)cn2)c1. The van der Waals surface area contributed by atoms with Crippen LogP contribution in [0.4, 0.5) is 17.2 Å². The lowest BCUT2D eigenvalue weighted by molar-refractivity contribution is 0.102. The van der Waals surface area contributed by atoms with Crippen molar-refractivity contribution in [3.8, 4) is 0 Å². The van der Waals surface area contributed by atoms with E-state index < -0.39 is 0 Å². The summed E-state index contributed by atoms with van der Waals surface area (Å²) >= 11 is 0. The second-order valence-electron chi connectivity index (χ2n) is 7.02. The largest absolute Gasteiger partial charge is 0.339 e. The van der Waals surface area contributed by atoms with Gasteiger partial charge in [-0.1, -0.05) is 32.0 Å². The van der Waals surface area contributed by atoms with Crippen molar-refractivity contribution in [2.24, 2.45) is 0 Å². The number of amides is 1. The summed E-state index contributed by atoms with van der Waals surface area (Å²) in [5, 5.41) is 6.06. The van der Waals surface area contributed by atoms with Gasteiger partial charge in [0.15, 0.2) is 0 Å². The van der Waals surface area contributed by atoms with Crippen LogP contribution in [0.2, 0.25) is 0 Å². The van der Waals surface area contributed by atoms with Gasteiger partial charge in [-0.25, -0.2) is 9.97 Å². The molecular formula is C22H24N4O. The number of nitrogens with zero attached hydrogens (tertiary/aromatic N) is 2. The number of rotatable bonds is 5. The van der Waals surface area contributed by atoms with Crippen molar-refractivity contribution >= 4 is 23.1 Å². The lowest BCUT2D eigenvalue weighted by Gasteiger charge is -2.09. The van der Waals surface area contributed by atoms with Crippen LogP contribution in [0.3, 0.4) is 0 Å². The average molecular weight is 360 g/mol. The van der Waals surface area contributed by atoms with Gasteiger partial charge < -0.3 is 10.6 Å². The minimum Gasteiger partial charge on any atom is -0.339 e. The van der Waals surface area contributed by atoms with Crippen LogP contribution in [0.1, 0.15) is 46.9 Å². The maximum atomic E-state index is 12.4. The number of hydrogen-bond acceptors (Lipinski definition) is 4. The Labute approximate surface area is 159 Å². The molecule has 0 fully saturated rings. The Hall–Kier alpha value is -3.21. The summed E-state index contributed by atoms with van der Waals surface area (Å²) in [5.41, 5.74) is 5.44. The van der Waals surface area contributed by atoms with Crippen molar-refractivity contribution in [3.63, 3.8) is 0 Å². The third-order valence-corrected chi connectivity index (χ3v) is 4.21. The molecule has 0 aliphatic carbocycles. The molecule has 5 nitrogen and oxygen atoms in total. The van der Waals surface area contributed by atoms with Gasteiger partial charge in [-0.3, -0.25) is 4.79 Å². The van der Waals surface area contributed by atoms with Gasteiger partial charge in [0.2, 0.25) is 0 Å². The zero-order chi connectivity index (χ0) is 19.4. The maximum Gasteiger partial charge on any atom is 0.275 e. The summed E-state index contributed by atoms with van der Waals surface area (Å²) in [6, 6.07) is 14.1. The summed E-state index contributed by atoms with van der Waals surface area (Å²) in [5.74, 6) is 0.810. The third kappa shape index (κ3) is 4.91. The molecule has 2 aromatic carbocycles.